The highest BCUT2D eigenvalue weighted by Crippen LogP contribution is 1.98. The highest BCUT2D eigenvalue weighted by Gasteiger charge is 2.12. The first-order chi connectivity index (χ1) is 18.6. The zero-order valence-electron chi connectivity index (χ0n) is 25.9. The Hall–Kier alpha value is -3.33. The minimum Gasteiger partial charge on any atom is -0.726 e. The summed E-state index contributed by atoms with van der Waals surface area (Å²) in [5.74, 6) is -1.33. The molecule has 41 heavy (non-hydrogen) atoms. The predicted octanol–water partition coefficient (Wildman–Crippen LogP) is 2.17. The van der Waals surface area contributed by atoms with E-state index in [-0.39, 0.29) is 31.7 Å². The second kappa shape index (κ2) is 24.5. The van der Waals surface area contributed by atoms with Crippen LogP contribution in [0.4, 0.5) is 0 Å². The van der Waals surface area contributed by atoms with E-state index in [4.69, 9.17) is 4.74 Å². The molecule has 0 aliphatic carbocycles. The molecular formula is C27H48N2O11S. The first-order valence-corrected chi connectivity index (χ1v) is 13.7. The van der Waals surface area contributed by atoms with E-state index < -0.39 is 22.3 Å². The topological polar surface area (TPSA) is 166 Å². The maximum absolute atomic E-state index is 11.0. The minimum absolute atomic E-state index is 0.0325. The lowest BCUT2D eigenvalue weighted by Gasteiger charge is -2.27. The molecule has 1 amide bonds. The summed E-state index contributed by atoms with van der Waals surface area (Å²) in [6, 6.07) is 0. The third-order valence-electron chi connectivity index (χ3n) is 4.26. The second-order valence-corrected chi connectivity index (χ2v) is 10.0. The van der Waals surface area contributed by atoms with Crippen LogP contribution < -0.4 is 0 Å². The van der Waals surface area contributed by atoms with Crippen molar-refractivity contribution in [3.63, 3.8) is 0 Å². The Morgan fingerprint density at radius 3 is 1.32 bits per heavy atom. The number of likely N-dealkylation sites (N-methyl/N-ethyl adjacent to an activating group) is 2. The van der Waals surface area contributed by atoms with Gasteiger partial charge < -0.3 is 28.1 Å². The van der Waals surface area contributed by atoms with E-state index in [1.165, 1.54) is 17.9 Å². The molecule has 0 rings (SSSR count). The molecule has 0 atom stereocenters. The van der Waals surface area contributed by atoms with Crippen LogP contribution in [0.15, 0.2) is 49.1 Å². The van der Waals surface area contributed by atoms with Gasteiger partial charge in [0.25, 0.3) is 0 Å². The van der Waals surface area contributed by atoms with Crippen LogP contribution in [0.25, 0.3) is 0 Å². The molecule has 0 aromatic carbocycles. The SMILES string of the molecule is C=C(C)C(=O)OCCOC(=O)C(=C)C.C=C(C)C(=O)OCC[N+](C)(C)CC.C=CC(=O)N(C)C.CCOS(=O)(=O)[O-]. The standard InChI is InChI=1S/C10H20NO2.C10H14O4.C5H9NO.C2H6O4S/c1-6-11(4,5)7-8-13-10(12)9(2)3;1-7(2)9(11)13-5-6-14-10(12)8(3)4;1-4-5(7)6(2)3;1-2-6-7(3,4)5/h2,6-8H2,1,3-5H3;1,3,5-6H2,2,4H3;4H,1H2,2-3H3;2H2,1H3,(H,3,4,5)/q+1;;;/p-1. The van der Waals surface area contributed by atoms with Gasteiger partial charge >= 0.3 is 17.9 Å². The van der Waals surface area contributed by atoms with Crippen LogP contribution in [0.3, 0.4) is 0 Å². The Morgan fingerprint density at radius 1 is 0.805 bits per heavy atom. The first-order valence-electron chi connectivity index (χ1n) is 12.3. The number of hydrogen-bond acceptors (Lipinski definition) is 11. The first kappa shape index (κ1) is 44.7. The molecule has 0 bridgehead atoms. The summed E-state index contributed by atoms with van der Waals surface area (Å²) in [6.45, 7) is 24.2. The molecule has 0 spiro atoms. The molecule has 0 radical (unpaired) electrons. The fraction of sp³-hybridized carbons (Fsp3) is 0.556. The molecular weight excluding hydrogens is 560 g/mol. The number of rotatable bonds is 13. The largest absolute Gasteiger partial charge is 0.726 e. The molecule has 0 N–H and O–H groups in total. The average molecular weight is 609 g/mol. The number of hydrogen-bond donors (Lipinski definition) is 0. The lowest BCUT2D eigenvalue weighted by atomic mass is 10.4. The summed E-state index contributed by atoms with van der Waals surface area (Å²) in [5, 5.41) is 0. The molecule has 0 heterocycles. The normalized spacial score (nSPS) is 9.90. The van der Waals surface area contributed by atoms with Gasteiger partial charge in [-0.25, -0.2) is 22.8 Å². The van der Waals surface area contributed by atoms with E-state index in [9.17, 15) is 32.1 Å². The van der Waals surface area contributed by atoms with E-state index >= 15 is 0 Å². The molecule has 0 aromatic rings. The Morgan fingerprint density at radius 2 is 1.15 bits per heavy atom. The van der Waals surface area contributed by atoms with E-state index in [0.29, 0.717) is 23.3 Å². The van der Waals surface area contributed by atoms with E-state index in [1.807, 2.05) is 0 Å². The van der Waals surface area contributed by atoms with Gasteiger partial charge in [0, 0.05) is 30.8 Å². The zero-order valence-corrected chi connectivity index (χ0v) is 26.8. The summed E-state index contributed by atoms with van der Waals surface area (Å²) in [6.07, 6.45) is 1.28. The van der Waals surface area contributed by atoms with Crippen molar-refractivity contribution in [3.05, 3.63) is 49.1 Å². The molecule has 0 aliphatic heterocycles. The Labute approximate surface area is 245 Å². The van der Waals surface area contributed by atoms with Crippen LogP contribution in [0.2, 0.25) is 0 Å². The summed E-state index contributed by atoms with van der Waals surface area (Å²) in [5.41, 5.74) is 1.09. The molecule has 0 aliphatic rings. The number of amides is 1. The Balaban J connectivity index is -0.000000234. The maximum atomic E-state index is 11.0. The molecule has 238 valence electrons. The quantitative estimate of drug-likeness (QED) is 0.0572. The van der Waals surface area contributed by atoms with Crippen molar-refractivity contribution in [2.24, 2.45) is 0 Å². The fourth-order valence-corrected chi connectivity index (χ4v) is 1.80. The van der Waals surface area contributed by atoms with Crippen molar-refractivity contribution in [1.82, 2.24) is 4.90 Å². The molecule has 0 aromatic heterocycles. The highest BCUT2D eigenvalue weighted by atomic mass is 32.3. The third kappa shape index (κ3) is 34.6. The van der Waals surface area contributed by atoms with Gasteiger partial charge in [0.15, 0.2) is 0 Å². The molecule has 0 saturated carbocycles. The summed E-state index contributed by atoms with van der Waals surface area (Å²) < 4.78 is 47.2. The monoisotopic (exact) mass is 608 g/mol. The third-order valence-corrected chi connectivity index (χ3v) is 4.78. The average Bonchev–Trinajstić information content (AvgIpc) is 2.85. The lowest BCUT2D eigenvalue weighted by Crippen LogP contribution is -2.42. The highest BCUT2D eigenvalue weighted by molar-refractivity contribution is 7.80. The van der Waals surface area contributed by atoms with Crippen molar-refractivity contribution in [1.29, 1.82) is 0 Å². The van der Waals surface area contributed by atoms with Gasteiger partial charge in [0.2, 0.25) is 16.3 Å². The van der Waals surface area contributed by atoms with Crippen LogP contribution in [0.1, 0.15) is 34.6 Å². The van der Waals surface area contributed by atoms with Gasteiger partial charge in [-0.05, 0) is 40.7 Å². The van der Waals surface area contributed by atoms with Crippen LogP contribution >= 0.6 is 0 Å². The second-order valence-electron chi connectivity index (χ2n) is 8.98. The Kier molecular flexibility index (Phi) is 26.7. The van der Waals surface area contributed by atoms with Crippen molar-refractivity contribution in [2.75, 3.05) is 67.7 Å². The predicted molar refractivity (Wildman–Crippen MR) is 155 cm³/mol. The number of ether oxygens (including phenoxy) is 3. The minimum atomic E-state index is -4.42. The van der Waals surface area contributed by atoms with Crippen molar-refractivity contribution in [2.45, 2.75) is 34.6 Å². The number of quaternary nitrogens is 1. The van der Waals surface area contributed by atoms with Gasteiger partial charge in [-0.15, -0.1) is 0 Å². The van der Waals surface area contributed by atoms with Gasteiger partial charge in [-0.1, -0.05) is 26.3 Å². The summed E-state index contributed by atoms with van der Waals surface area (Å²) in [7, 11) is 3.16. The molecule has 0 unspecified atom stereocenters. The van der Waals surface area contributed by atoms with Crippen LogP contribution in [-0.4, -0.2) is 114 Å². The zero-order chi connectivity index (χ0) is 33.4. The van der Waals surface area contributed by atoms with Crippen LogP contribution in [0.5, 0.6) is 0 Å². The molecule has 0 saturated heterocycles. The van der Waals surface area contributed by atoms with Gasteiger partial charge in [-0.3, -0.25) is 8.98 Å². The van der Waals surface area contributed by atoms with Gasteiger partial charge in [0.05, 0.1) is 27.2 Å². The molecule has 0 fully saturated rings. The smallest absolute Gasteiger partial charge is 0.333 e. The number of carbonyl (C=O) groups excluding carboxylic acids is 4. The van der Waals surface area contributed by atoms with Crippen LogP contribution in [-0.2, 0) is 48.0 Å². The van der Waals surface area contributed by atoms with Crippen molar-refractivity contribution >= 4 is 34.2 Å². The van der Waals surface area contributed by atoms with Crippen molar-refractivity contribution in [3.8, 4) is 0 Å². The molecule has 13 nitrogen and oxygen atoms in total. The van der Waals surface area contributed by atoms with Gasteiger partial charge in [-0.2, -0.15) is 0 Å². The van der Waals surface area contributed by atoms with Crippen LogP contribution in [0, 0.1) is 0 Å². The molecule has 14 heteroatoms. The summed E-state index contributed by atoms with van der Waals surface area (Å²) in [4.78, 5) is 44.5. The number of esters is 3. The van der Waals surface area contributed by atoms with E-state index in [0.717, 1.165) is 17.6 Å². The lowest BCUT2D eigenvalue weighted by molar-refractivity contribution is -0.888. The van der Waals surface area contributed by atoms with Crippen molar-refractivity contribution < 1.29 is 55.0 Å². The maximum Gasteiger partial charge on any atom is 0.333 e. The van der Waals surface area contributed by atoms with E-state index in [1.54, 1.807) is 34.9 Å². The number of nitrogens with zero attached hydrogens (tertiary/aromatic N) is 2. The summed E-state index contributed by atoms with van der Waals surface area (Å²) >= 11 is 0. The number of carbonyl (C=O) groups is 4. The van der Waals surface area contributed by atoms with E-state index in [2.05, 4.69) is 61.0 Å². The fourth-order valence-electron chi connectivity index (χ4n) is 1.51. The Bertz CT molecular complexity index is 957. The van der Waals surface area contributed by atoms with Gasteiger partial charge in [0.1, 0.15) is 26.4 Å².